The van der Waals surface area contributed by atoms with Crippen LogP contribution in [-0.2, 0) is 21.4 Å². The van der Waals surface area contributed by atoms with Crippen molar-refractivity contribution in [1.82, 2.24) is 9.62 Å². The summed E-state index contributed by atoms with van der Waals surface area (Å²) in [6.45, 7) is 1.12. The Kier molecular flexibility index (Phi) is 7.08. The van der Waals surface area contributed by atoms with Crippen LogP contribution in [0.2, 0.25) is 0 Å². The van der Waals surface area contributed by atoms with Gasteiger partial charge in [0, 0.05) is 36.6 Å². The van der Waals surface area contributed by atoms with Gasteiger partial charge < -0.3 is 4.90 Å². The lowest BCUT2D eigenvalue weighted by Gasteiger charge is -2.17. The van der Waals surface area contributed by atoms with Crippen LogP contribution in [0.15, 0.2) is 62.9 Å². The molecule has 1 N–H and O–H groups in total. The molecule has 0 aromatic heterocycles. The third-order valence-electron chi connectivity index (χ3n) is 4.74. The van der Waals surface area contributed by atoms with E-state index in [1.54, 1.807) is 29.2 Å². The number of carbonyl (C=O) groups is 1. The summed E-state index contributed by atoms with van der Waals surface area (Å²) >= 11 is 3.41. The Bertz CT molecular complexity index is 1000. The summed E-state index contributed by atoms with van der Waals surface area (Å²) in [4.78, 5) is 18.7. The van der Waals surface area contributed by atoms with Gasteiger partial charge in [0.05, 0.1) is 4.90 Å². The number of rotatable bonds is 8. The summed E-state index contributed by atoms with van der Waals surface area (Å²) in [5.41, 5.74) is 1.72. The van der Waals surface area contributed by atoms with Crippen molar-refractivity contribution in [2.45, 2.75) is 37.1 Å². The number of hydrogen-bond acceptors (Lipinski definition) is 4. The second-order valence-electron chi connectivity index (χ2n) is 7.02. The first-order valence-corrected chi connectivity index (χ1v) is 11.8. The van der Waals surface area contributed by atoms with Crippen LogP contribution in [-0.4, -0.2) is 38.7 Å². The minimum atomic E-state index is -3.48. The number of nitrogens with zero attached hydrogens (tertiary/aromatic N) is 2. The van der Waals surface area contributed by atoms with E-state index in [0.717, 1.165) is 29.3 Å². The number of halogens is 1. The molecule has 2 aromatic rings. The highest BCUT2D eigenvalue weighted by Crippen LogP contribution is 2.22. The summed E-state index contributed by atoms with van der Waals surface area (Å²) in [5.74, 6) is 0.530. The molecule has 1 aliphatic heterocycles. The minimum Gasteiger partial charge on any atom is -0.341 e. The van der Waals surface area contributed by atoms with Gasteiger partial charge in [0.1, 0.15) is 5.84 Å². The predicted molar refractivity (Wildman–Crippen MR) is 117 cm³/mol. The molecule has 1 amide bonds. The molecule has 0 radical (unpaired) electrons. The zero-order valence-corrected chi connectivity index (χ0v) is 18.7. The first kappa shape index (κ1) is 21.5. The minimum absolute atomic E-state index is 0.122. The Balaban J connectivity index is 1.39. The Morgan fingerprint density at radius 3 is 2.55 bits per heavy atom. The van der Waals surface area contributed by atoms with E-state index in [9.17, 15) is 13.2 Å². The number of carbonyl (C=O) groups excluding carboxylic acids is 1. The number of fused-ring (bicyclic) bond motifs is 1. The van der Waals surface area contributed by atoms with Gasteiger partial charge in [-0.05, 0) is 42.7 Å². The monoisotopic (exact) mass is 477 g/mol. The normalized spacial score (nSPS) is 15.7. The lowest BCUT2D eigenvalue weighted by atomic mass is 10.1. The van der Waals surface area contributed by atoms with Crippen LogP contribution in [0.4, 0.5) is 0 Å². The average molecular weight is 478 g/mol. The third kappa shape index (κ3) is 5.67. The van der Waals surface area contributed by atoms with Crippen molar-refractivity contribution in [1.29, 1.82) is 0 Å². The van der Waals surface area contributed by atoms with Gasteiger partial charge in [0.15, 0.2) is 0 Å². The number of hydrogen-bond donors (Lipinski definition) is 1. The molecule has 1 aliphatic rings. The average Bonchev–Trinajstić information content (AvgIpc) is 2.96. The van der Waals surface area contributed by atoms with Crippen molar-refractivity contribution in [3.63, 3.8) is 0 Å². The van der Waals surface area contributed by atoms with Gasteiger partial charge in [-0.3, -0.25) is 14.5 Å². The Morgan fingerprint density at radius 2 is 1.79 bits per heavy atom. The van der Waals surface area contributed by atoms with E-state index in [0.29, 0.717) is 30.9 Å². The third-order valence-corrected chi connectivity index (χ3v) is 6.67. The summed E-state index contributed by atoms with van der Waals surface area (Å²) in [6, 6.07) is 14.8. The zero-order valence-electron chi connectivity index (χ0n) is 16.3. The molecule has 3 rings (SSSR count). The van der Waals surface area contributed by atoms with Gasteiger partial charge >= 0.3 is 0 Å². The fourth-order valence-corrected chi connectivity index (χ4v) is 4.66. The van der Waals surface area contributed by atoms with Gasteiger partial charge in [-0.1, -0.05) is 46.6 Å². The number of nitrogens with one attached hydrogen (secondary N) is 1. The highest BCUT2D eigenvalue weighted by atomic mass is 79.9. The summed E-state index contributed by atoms with van der Waals surface area (Å²) in [7, 11) is -1.67. The SMILES string of the molecule is CN(Cc1ccc(Br)cc1)C(=O)CCCCCN=C1NS(=O)(=O)c2ccccc21. The van der Waals surface area contributed by atoms with Crippen LogP contribution >= 0.6 is 15.9 Å². The number of unbranched alkanes of at least 4 members (excludes halogenated alkanes) is 2. The smallest absolute Gasteiger partial charge is 0.263 e. The van der Waals surface area contributed by atoms with Crippen molar-refractivity contribution in [2.24, 2.45) is 4.99 Å². The van der Waals surface area contributed by atoms with Crippen LogP contribution in [0.3, 0.4) is 0 Å². The highest BCUT2D eigenvalue weighted by Gasteiger charge is 2.29. The molecule has 2 aromatic carbocycles. The number of aliphatic imine (C=N–C) groups is 1. The number of amidine groups is 1. The Labute approximate surface area is 180 Å². The number of benzene rings is 2. The molecule has 0 spiro atoms. The number of sulfonamides is 1. The van der Waals surface area contributed by atoms with Gasteiger partial charge in [0.2, 0.25) is 5.91 Å². The van der Waals surface area contributed by atoms with E-state index in [-0.39, 0.29) is 10.8 Å². The van der Waals surface area contributed by atoms with E-state index in [1.165, 1.54) is 0 Å². The standard InChI is InChI=1S/C21H24BrN3O3S/c1-25(15-16-10-12-17(22)13-11-16)20(26)9-3-2-6-14-23-21-18-7-4-5-8-19(18)29(27,28)24-21/h4-5,7-8,10-13H,2-3,6,9,14-15H2,1H3,(H,23,24). The van der Waals surface area contributed by atoms with Gasteiger partial charge in [-0.25, -0.2) is 8.42 Å². The van der Waals surface area contributed by atoms with E-state index >= 15 is 0 Å². The van der Waals surface area contributed by atoms with Crippen molar-refractivity contribution in [3.05, 3.63) is 64.1 Å². The summed E-state index contributed by atoms with van der Waals surface area (Å²) in [6.07, 6.45) is 2.95. The topological polar surface area (TPSA) is 78.8 Å². The van der Waals surface area contributed by atoms with Gasteiger partial charge in [0.25, 0.3) is 10.0 Å². The molecule has 29 heavy (non-hydrogen) atoms. The van der Waals surface area contributed by atoms with Crippen molar-refractivity contribution < 1.29 is 13.2 Å². The first-order valence-electron chi connectivity index (χ1n) is 9.52. The van der Waals surface area contributed by atoms with Crippen molar-refractivity contribution >= 4 is 37.7 Å². The second kappa shape index (κ2) is 9.54. The molecule has 0 atom stereocenters. The van der Waals surface area contributed by atoms with Gasteiger partial charge in [-0.2, -0.15) is 0 Å². The second-order valence-corrected chi connectivity index (χ2v) is 9.59. The fraction of sp³-hybridized carbons (Fsp3) is 0.333. The molecule has 0 bridgehead atoms. The van der Waals surface area contributed by atoms with Crippen LogP contribution in [0.25, 0.3) is 0 Å². The van der Waals surface area contributed by atoms with Gasteiger partial charge in [-0.15, -0.1) is 0 Å². The quantitative estimate of drug-likeness (QED) is 0.588. The molecule has 0 unspecified atom stereocenters. The van der Waals surface area contributed by atoms with Crippen LogP contribution in [0, 0.1) is 0 Å². The number of amides is 1. The van der Waals surface area contributed by atoms with Crippen molar-refractivity contribution in [3.8, 4) is 0 Å². The maximum absolute atomic E-state index is 12.3. The molecule has 0 saturated heterocycles. The van der Waals surface area contributed by atoms with Crippen LogP contribution in [0.1, 0.15) is 36.8 Å². The van der Waals surface area contributed by atoms with Crippen molar-refractivity contribution in [2.75, 3.05) is 13.6 Å². The maximum atomic E-state index is 12.3. The van der Waals surface area contributed by atoms with E-state index in [4.69, 9.17) is 0 Å². The molecule has 154 valence electrons. The molecule has 0 aliphatic carbocycles. The van der Waals surface area contributed by atoms with E-state index in [1.807, 2.05) is 31.3 Å². The summed E-state index contributed by atoms with van der Waals surface area (Å²) < 4.78 is 27.6. The first-order chi connectivity index (χ1) is 13.9. The molecule has 6 nitrogen and oxygen atoms in total. The maximum Gasteiger partial charge on any atom is 0.263 e. The molecule has 1 heterocycles. The highest BCUT2D eigenvalue weighted by molar-refractivity contribution is 9.10. The molecule has 0 saturated carbocycles. The molecular weight excluding hydrogens is 454 g/mol. The lowest BCUT2D eigenvalue weighted by Crippen LogP contribution is -2.25. The largest absolute Gasteiger partial charge is 0.341 e. The summed E-state index contributed by atoms with van der Waals surface area (Å²) in [5, 5.41) is 0. The molecular formula is C21H24BrN3O3S. The zero-order chi connectivity index (χ0) is 20.9. The Morgan fingerprint density at radius 1 is 1.07 bits per heavy atom. The molecule has 8 heteroatoms. The van der Waals surface area contributed by atoms with Crippen LogP contribution < -0.4 is 4.72 Å². The lowest BCUT2D eigenvalue weighted by molar-refractivity contribution is -0.130. The molecule has 0 fully saturated rings. The van der Waals surface area contributed by atoms with Crippen LogP contribution in [0.5, 0.6) is 0 Å². The Hall–Kier alpha value is -2.19. The predicted octanol–water partition coefficient (Wildman–Crippen LogP) is 3.71. The fourth-order valence-electron chi connectivity index (χ4n) is 3.15. The van der Waals surface area contributed by atoms with E-state index in [2.05, 4.69) is 25.6 Å². The van der Waals surface area contributed by atoms with E-state index < -0.39 is 10.0 Å².